The predicted octanol–water partition coefficient (Wildman–Crippen LogP) is 7.15. The first-order valence-electron chi connectivity index (χ1n) is 14.8. The highest BCUT2D eigenvalue weighted by Crippen LogP contribution is 2.40. The molecule has 3 atom stereocenters. The number of aliphatic hydroxyl groups excluding tert-OH is 1. The van der Waals surface area contributed by atoms with Crippen molar-refractivity contribution in [3.63, 3.8) is 0 Å². The van der Waals surface area contributed by atoms with E-state index in [-0.39, 0.29) is 25.4 Å². The van der Waals surface area contributed by atoms with Crippen LogP contribution in [0.3, 0.4) is 0 Å². The van der Waals surface area contributed by atoms with Crippen LogP contribution in [0.2, 0.25) is 0 Å². The van der Waals surface area contributed by atoms with Crippen LogP contribution < -0.4 is 5.32 Å². The topological polar surface area (TPSA) is 111 Å². The molecule has 4 aromatic carbocycles. The van der Waals surface area contributed by atoms with Gasteiger partial charge in [-0.1, -0.05) is 131 Å². The predicted molar refractivity (Wildman–Crippen MR) is 182 cm³/mol. The molecule has 0 aliphatic carbocycles. The number of thioether (sulfide) groups is 1. The molecule has 13 heteroatoms. The second kappa shape index (κ2) is 15.2. The van der Waals surface area contributed by atoms with Gasteiger partial charge in [0.05, 0.1) is 24.5 Å². The second-order valence-corrected chi connectivity index (χ2v) is 14.1. The van der Waals surface area contributed by atoms with E-state index in [1.807, 2.05) is 103 Å². The summed E-state index contributed by atoms with van der Waals surface area (Å²) in [4.78, 5) is 12.0. The minimum absolute atomic E-state index is 0.0220. The van der Waals surface area contributed by atoms with Crippen molar-refractivity contribution < 1.29 is 19.4 Å². The fourth-order valence-electron chi connectivity index (χ4n) is 5.17. The standard InChI is InChI=1S/C34H30Cl3N5O4S/c35-34(36,37)32(44)38-19-23-5-4-6-27(17-23)24-13-15-26(16-14-24)31-45-29(18-30(46-31)25-11-9-22(20-43)10-12-25)21-47-33-39-40-41-42(33)28-7-2-1-3-8-28/h1-17,29-31,43H,18-21H2,(H,38,44). The Balaban J connectivity index is 1.18. The highest BCUT2D eigenvalue weighted by atomic mass is 35.6. The van der Waals surface area contributed by atoms with Crippen molar-refractivity contribution >= 4 is 52.5 Å². The second-order valence-electron chi connectivity index (χ2n) is 10.9. The Morgan fingerprint density at radius 3 is 2.36 bits per heavy atom. The monoisotopic (exact) mass is 709 g/mol. The van der Waals surface area contributed by atoms with Gasteiger partial charge in [-0.05, 0) is 56.4 Å². The van der Waals surface area contributed by atoms with E-state index in [0.717, 1.165) is 39.1 Å². The normalized spacial score (nSPS) is 18.2. The molecule has 1 aliphatic heterocycles. The molecule has 2 heterocycles. The lowest BCUT2D eigenvalue weighted by molar-refractivity contribution is -0.245. The molecule has 242 valence electrons. The van der Waals surface area contributed by atoms with Gasteiger partial charge in [-0.15, -0.1) is 5.10 Å². The van der Waals surface area contributed by atoms with Crippen LogP contribution in [0.25, 0.3) is 16.8 Å². The van der Waals surface area contributed by atoms with E-state index >= 15 is 0 Å². The van der Waals surface area contributed by atoms with Crippen LogP contribution in [-0.2, 0) is 27.4 Å². The number of nitrogens with one attached hydrogen (secondary N) is 1. The summed E-state index contributed by atoms with van der Waals surface area (Å²) >= 11 is 18.5. The molecule has 0 bridgehead atoms. The molecule has 0 radical (unpaired) electrons. The third kappa shape index (κ3) is 8.52. The molecule has 1 aromatic heterocycles. The molecular weight excluding hydrogens is 681 g/mol. The molecule has 1 fully saturated rings. The maximum atomic E-state index is 12.0. The largest absolute Gasteiger partial charge is 0.392 e. The molecule has 3 unspecified atom stereocenters. The van der Waals surface area contributed by atoms with E-state index in [9.17, 15) is 9.90 Å². The molecule has 9 nitrogen and oxygen atoms in total. The van der Waals surface area contributed by atoms with Crippen LogP contribution in [0.15, 0.2) is 108 Å². The molecule has 2 N–H and O–H groups in total. The number of aliphatic hydroxyl groups is 1. The average molecular weight is 711 g/mol. The summed E-state index contributed by atoms with van der Waals surface area (Å²) in [5.74, 6) is -0.0725. The van der Waals surface area contributed by atoms with Crippen molar-refractivity contribution in [3.05, 3.63) is 125 Å². The van der Waals surface area contributed by atoms with Gasteiger partial charge in [0, 0.05) is 24.3 Å². The van der Waals surface area contributed by atoms with Crippen molar-refractivity contribution in [2.45, 2.75) is 47.0 Å². The Bertz CT molecular complexity index is 1790. The van der Waals surface area contributed by atoms with E-state index < -0.39 is 16.0 Å². The molecule has 5 aromatic rings. The molecule has 6 rings (SSSR count). The molecule has 47 heavy (non-hydrogen) atoms. The van der Waals surface area contributed by atoms with Gasteiger partial charge in [0.25, 0.3) is 9.70 Å². The third-order valence-corrected chi connectivity index (χ3v) is 9.17. The lowest BCUT2D eigenvalue weighted by atomic mass is 9.99. The lowest BCUT2D eigenvalue weighted by Crippen LogP contribution is -2.33. The quantitative estimate of drug-likeness (QED) is 0.116. The Hall–Kier alpha value is -3.48. The molecule has 0 spiro atoms. The number of ether oxygens (including phenoxy) is 2. The number of aromatic nitrogens is 4. The number of carbonyl (C=O) groups excluding carboxylic acids is 1. The number of rotatable bonds is 10. The number of tetrazole rings is 1. The Morgan fingerprint density at radius 1 is 0.894 bits per heavy atom. The summed E-state index contributed by atoms with van der Waals surface area (Å²) in [6.45, 7) is 0.200. The Morgan fingerprint density at radius 2 is 1.64 bits per heavy atom. The summed E-state index contributed by atoms with van der Waals surface area (Å²) in [7, 11) is 0. The van der Waals surface area contributed by atoms with Crippen molar-refractivity contribution in [1.82, 2.24) is 25.5 Å². The third-order valence-electron chi connectivity index (χ3n) is 7.61. The molecule has 0 saturated carbocycles. The van der Waals surface area contributed by atoms with E-state index in [2.05, 4.69) is 20.8 Å². The zero-order valence-electron chi connectivity index (χ0n) is 24.9. The first kappa shape index (κ1) is 33.4. The van der Waals surface area contributed by atoms with Crippen LogP contribution in [0.1, 0.15) is 41.1 Å². The van der Waals surface area contributed by atoms with Crippen molar-refractivity contribution in [3.8, 4) is 16.8 Å². The number of nitrogens with zero attached hydrogens (tertiary/aromatic N) is 4. The van der Waals surface area contributed by atoms with Gasteiger partial charge in [-0.25, -0.2) is 0 Å². The zero-order chi connectivity index (χ0) is 32.8. The number of carbonyl (C=O) groups is 1. The number of benzene rings is 4. The number of amides is 1. The summed E-state index contributed by atoms with van der Waals surface area (Å²) in [6.07, 6.45) is -0.369. The summed E-state index contributed by atoms with van der Waals surface area (Å²) in [6, 6.07) is 33.3. The number of para-hydroxylation sites is 1. The van der Waals surface area contributed by atoms with Crippen LogP contribution in [0, 0.1) is 0 Å². The zero-order valence-corrected chi connectivity index (χ0v) is 28.0. The van der Waals surface area contributed by atoms with Gasteiger partial charge in [0.15, 0.2) is 6.29 Å². The van der Waals surface area contributed by atoms with Gasteiger partial charge < -0.3 is 19.9 Å². The fourth-order valence-corrected chi connectivity index (χ4v) is 6.28. The lowest BCUT2D eigenvalue weighted by Gasteiger charge is -2.36. The van der Waals surface area contributed by atoms with Gasteiger partial charge >= 0.3 is 0 Å². The minimum atomic E-state index is -2.02. The minimum Gasteiger partial charge on any atom is -0.392 e. The van der Waals surface area contributed by atoms with Gasteiger partial charge in [-0.3, -0.25) is 4.79 Å². The average Bonchev–Trinajstić information content (AvgIpc) is 3.58. The molecular formula is C34H30Cl3N5O4S. The Labute approximate surface area is 291 Å². The Kier molecular flexibility index (Phi) is 10.8. The van der Waals surface area contributed by atoms with Crippen LogP contribution >= 0.6 is 46.6 Å². The summed E-state index contributed by atoms with van der Waals surface area (Å²) < 4.78 is 12.8. The number of hydrogen-bond donors (Lipinski definition) is 2. The maximum Gasteiger partial charge on any atom is 0.272 e. The first-order valence-corrected chi connectivity index (χ1v) is 16.9. The van der Waals surface area contributed by atoms with Crippen LogP contribution in [0.4, 0.5) is 0 Å². The smallest absolute Gasteiger partial charge is 0.272 e. The molecule has 1 saturated heterocycles. The SMILES string of the molecule is O=C(NCc1cccc(-c2ccc(C3OC(CSc4nnnn4-c4ccccc4)CC(c4ccc(CO)cc4)O3)cc2)c1)C(Cl)(Cl)Cl. The van der Waals surface area contributed by atoms with E-state index in [0.29, 0.717) is 17.3 Å². The van der Waals surface area contributed by atoms with E-state index in [4.69, 9.17) is 44.3 Å². The van der Waals surface area contributed by atoms with Crippen molar-refractivity contribution in [1.29, 1.82) is 0 Å². The summed E-state index contributed by atoms with van der Waals surface area (Å²) in [5.41, 5.74) is 6.41. The fraction of sp³-hybridized carbons (Fsp3) is 0.235. The highest BCUT2D eigenvalue weighted by Gasteiger charge is 2.33. The first-order chi connectivity index (χ1) is 22.8. The number of hydrogen-bond acceptors (Lipinski definition) is 8. The van der Waals surface area contributed by atoms with Crippen molar-refractivity contribution in [2.24, 2.45) is 0 Å². The van der Waals surface area contributed by atoms with Gasteiger partial charge in [0.2, 0.25) is 5.16 Å². The van der Waals surface area contributed by atoms with Gasteiger partial charge in [-0.2, -0.15) is 4.68 Å². The van der Waals surface area contributed by atoms with Crippen molar-refractivity contribution in [2.75, 3.05) is 5.75 Å². The van der Waals surface area contributed by atoms with E-state index in [1.54, 1.807) is 4.68 Å². The highest BCUT2D eigenvalue weighted by molar-refractivity contribution is 7.99. The van der Waals surface area contributed by atoms with Crippen LogP contribution in [-0.4, -0.2) is 46.9 Å². The van der Waals surface area contributed by atoms with Crippen LogP contribution in [0.5, 0.6) is 0 Å². The van der Waals surface area contributed by atoms with E-state index in [1.165, 1.54) is 11.8 Å². The number of alkyl halides is 3. The maximum absolute atomic E-state index is 12.0. The molecule has 1 aliphatic rings. The number of halogens is 3. The van der Waals surface area contributed by atoms with Gasteiger partial charge in [0.1, 0.15) is 0 Å². The summed E-state index contributed by atoms with van der Waals surface area (Å²) in [5, 5.41) is 25.1. The molecule has 1 amide bonds.